The Morgan fingerprint density at radius 2 is 1.88 bits per heavy atom. The van der Waals surface area contributed by atoms with Gasteiger partial charge < -0.3 is 15.6 Å². The highest BCUT2D eigenvalue weighted by molar-refractivity contribution is 5.90. The summed E-state index contributed by atoms with van der Waals surface area (Å²) in [4.78, 5) is 19.3. The van der Waals surface area contributed by atoms with Crippen LogP contribution in [0, 0.1) is 5.92 Å². The number of piperidine rings is 1. The first-order chi connectivity index (χ1) is 10.8. The van der Waals surface area contributed by atoms with E-state index < -0.39 is 0 Å². The maximum absolute atomic E-state index is 12.0. The fraction of sp³-hybridized carbons (Fsp3) is 0.412. The van der Waals surface area contributed by atoms with E-state index in [0.717, 1.165) is 36.6 Å². The van der Waals surface area contributed by atoms with Gasteiger partial charge in [-0.05, 0) is 62.5 Å². The van der Waals surface area contributed by atoms with Gasteiger partial charge >= 0.3 is 0 Å². The van der Waals surface area contributed by atoms with Crippen molar-refractivity contribution in [2.75, 3.05) is 18.4 Å². The molecule has 7 heteroatoms. The van der Waals surface area contributed by atoms with Crippen LogP contribution in [0.25, 0.3) is 11.4 Å². The van der Waals surface area contributed by atoms with E-state index >= 15 is 0 Å². The van der Waals surface area contributed by atoms with Crippen LogP contribution in [0.1, 0.15) is 25.7 Å². The van der Waals surface area contributed by atoms with E-state index in [0.29, 0.717) is 12.3 Å². The number of rotatable bonds is 5. The quantitative estimate of drug-likeness (QED) is 0.752. The molecule has 1 aliphatic rings. The number of carbonyl (C=O) groups excluding carboxylic acids is 1. The second-order valence-corrected chi connectivity index (χ2v) is 5.80. The summed E-state index contributed by atoms with van der Waals surface area (Å²) >= 11 is 0. The molecule has 0 spiro atoms. The Hall–Kier alpha value is -1.56. The minimum Gasteiger partial charge on any atom is -0.345 e. The van der Waals surface area contributed by atoms with Gasteiger partial charge in [-0.15, -0.1) is 24.8 Å². The normalized spacial score (nSPS) is 14.3. The van der Waals surface area contributed by atoms with Crippen LogP contribution < -0.4 is 10.6 Å². The first kappa shape index (κ1) is 20.5. The Morgan fingerprint density at radius 3 is 2.50 bits per heavy atom. The molecule has 0 bridgehead atoms. The van der Waals surface area contributed by atoms with Crippen LogP contribution in [0.2, 0.25) is 0 Å². The van der Waals surface area contributed by atoms with E-state index in [1.807, 2.05) is 24.3 Å². The van der Waals surface area contributed by atoms with Crippen LogP contribution in [0.15, 0.2) is 36.7 Å². The molecule has 1 amide bonds. The number of nitrogens with one attached hydrogen (secondary N) is 3. The number of carbonyl (C=O) groups is 1. The average molecular weight is 371 g/mol. The Bertz CT molecular complexity index is 596. The van der Waals surface area contributed by atoms with Gasteiger partial charge in [0.05, 0.1) is 0 Å². The van der Waals surface area contributed by atoms with Gasteiger partial charge in [0.25, 0.3) is 0 Å². The lowest BCUT2D eigenvalue weighted by atomic mass is 9.93. The van der Waals surface area contributed by atoms with Crippen molar-refractivity contribution < 1.29 is 4.79 Å². The molecule has 2 aromatic rings. The van der Waals surface area contributed by atoms with E-state index in [2.05, 4.69) is 20.6 Å². The van der Waals surface area contributed by atoms with Gasteiger partial charge in [0.2, 0.25) is 5.91 Å². The van der Waals surface area contributed by atoms with Crippen molar-refractivity contribution in [1.82, 2.24) is 15.3 Å². The topological polar surface area (TPSA) is 69.8 Å². The molecule has 3 N–H and O–H groups in total. The molecule has 5 nitrogen and oxygen atoms in total. The van der Waals surface area contributed by atoms with Gasteiger partial charge in [-0.2, -0.15) is 0 Å². The molecule has 24 heavy (non-hydrogen) atoms. The predicted octanol–water partition coefficient (Wildman–Crippen LogP) is 3.64. The summed E-state index contributed by atoms with van der Waals surface area (Å²) in [6.07, 6.45) is 7.48. The molecule has 3 rings (SSSR count). The molecule has 0 unspecified atom stereocenters. The second kappa shape index (κ2) is 10.3. The molecule has 132 valence electrons. The largest absolute Gasteiger partial charge is 0.345 e. The van der Waals surface area contributed by atoms with E-state index in [4.69, 9.17) is 0 Å². The molecule has 2 heterocycles. The van der Waals surface area contributed by atoms with E-state index in [1.54, 1.807) is 12.4 Å². The highest BCUT2D eigenvalue weighted by Gasteiger charge is 2.14. The zero-order valence-electron chi connectivity index (χ0n) is 13.5. The van der Waals surface area contributed by atoms with E-state index in [-0.39, 0.29) is 30.7 Å². The Labute approximate surface area is 154 Å². The first-order valence-corrected chi connectivity index (χ1v) is 7.91. The summed E-state index contributed by atoms with van der Waals surface area (Å²) in [7, 11) is 0. The number of amides is 1. The van der Waals surface area contributed by atoms with Crippen molar-refractivity contribution in [3.8, 4) is 11.4 Å². The minimum atomic E-state index is 0. The standard InChI is InChI=1S/C17H22N4O.2ClH/c22-16(6-1-13-7-9-18-10-8-13)21-15-4-2-14(3-5-15)17-19-11-12-20-17;;/h2-5,11-13,18H,1,6-10H2,(H,19,20)(H,21,22);2*1H. The molecule has 1 aliphatic heterocycles. The molecular weight excluding hydrogens is 347 g/mol. The van der Waals surface area contributed by atoms with Crippen molar-refractivity contribution in [2.24, 2.45) is 5.92 Å². The zero-order chi connectivity index (χ0) is 15.2. The summed E-state index contributed by atoms with van der Waals surface area (Å²) in [5.74, 6) is 1.63. The molecular formula is C17H24Cl2N4O. The van der Waals surface area contributed by atoms with Gasteiger partial charge in [0.1, 0.15) is 5.82 Å². The van der Waals surface area contributed by atoms with Crippen molar-refractivity contribution in [1.29, 1.82) is 0 Å². The molecule has 1 saturated heterocycles. The summed E-state index contributed by atoms with van der Waals surface area (Å²) in [5.41, 5.74) is 1.85. The molecule has 0 atom stereocenters. The van der Waals surface area contributed by atoms with Crippen LogP contribution in [0.4, 0.5) is 5.69 Å². The Kier molecular flexibility index (Phi) is 8.82. The number of halogens is 2. The summed E-state index contributed by atoms with van der Waals surface area (Å²) < 4.78 is 0. The van der Waals surface area contributed by atoms with Gasteiger partial charge in [0, 0.05) is 30.1 Å². The number of benzene rings is 1. The number of aromatic amines is 1. The van der Waals surface area contributed by atoms with E-state index in [9.17, 15) is 4.79 Å². The Balaban J connectivity index is 0.00000144. The van der Waals surface area contributed by atoms with Gasteiger partial charge in [-0.3, -0.25) is 4.79 Å². The third kappa shape index (κ3) is 5.82. The highest BCUT2D eigenvalue weighted by atomic mass is 35.5. The van der Waals surface area contributed by atoms with E-state index in [1.165, 1.54) is 12.8 Å². The SMILES string of the molecule is Cl.Cl.O=C(CCC1CCNCC1)Nc1ccc(-c2ncc[nH]2)cc1. The average Bonchev–Trinajstić information content (AvgIpc) is 3.09. The lowest BCUT2D eigenvalue weighted by Crippen LogP contribution is -2.28. The fourth-order valence-corrected chi connectivity index (χ4v) is 2.86. The minimum absolute atomic E-state index is 0. The van der Waals surface area contributed by atoms with Crippen molar-refractivity contribution in [2.45, 2.75) is 25.7 Å². The van der Waals surface area contributed by atoms with Gasteiger partial charge in [0.15, 0.2) is 0 Å². The fourth-order valence-electron chi connectivity index (χ4n) is 2.86. The molecule has 1 aromatic carbocycles. The molecule has 0 saturated carbocycles. The summed E-state index contributed by atoms with van der Waals surface area (Å²) in [6, 6.07) is 7.75. The molecule has 0 aliphatic carbocycles. The number of nitrogens with zero attached hydrogens (tertiary/aromatic N) is 1. The number of aromatic nitrogens is 2. The van der Waals surface area contributed by atoms with Gasteiger partial charge in [-0.1, -0.05) is 0 Å². The molecule has 0 radical (unpaired) electrons. The monoisotopic (exact) mass is 370 g/mol. The maximum atomic E-state index is 12.0. The van der Waals surface area contributed by atoms with Crippen LogP contribution in [-0.4, -0.2) is 29.0 Å². The van der Waals surface area contributed by atoms with Gasteiger partial charge in [-0.25, -0.2) is 4.98 Å². The second-order valence-electron chi connectivity index (χ2n) is 5.80. The first-order valence-electron chi connectivity index (χ1n) is 7.91. The maximum Gasteiger partial charge on any atom is 0.224 e. The summed E-state index contributed by atoms with van der Waals surface area (Å²) in [5, 5.41) is 6.32. The van der Waals surface area contributed by atoms with Crippen LogP contribution >= 0.6 is 24.8 Å². The number of hydrogen-bond acceptors (Lipinski definition) is 3. The number of H-pyrrole nitrogens is 1. The zero-order valence-corrected chi connectivity index (χ0v) is 15.1. The van der Waals surface area contributed by atoms with Crippen LogP contribution in [0.3, 0.4) is 0 Å². The number of anilines is 1. The van der Waals surface area contributed by atoms with Crippen molar-refractivity contribution >= 4 is 36.4 Å². The number of hydrogen-bond donors (Lipinski definition) is 3. The Morgan fingerprint density at radius 1 is 1.17 bits per heavy atom. The van der Waals surface area contributed by atoms with Crippen molar-refractivity contribution in [3.05, 3.63) is 36.7 Å². The third-order valence-corrected chi connectivity index (χ3v) is 4.18. The number of imidazole rings is 1. The highest BCUT2D eigenvalue weighted by Crippen LogP contribution is 2.20. The van der Waals surface area contributed by atoms with Crippen LogP contribution in [0.5, 0.6) is 0 Å². The lowest BCUT2D eigenvalue weighted by molar-refractivity contribution is -0.116. The van der Waals surface area contributed by atoms with Crippen molar-refractivity contribution in [3.63, 3.8) is 0 Å². The lowest BCUT2D eigenvalue weighted by Gasteiger charge is -2.22. The smallest absolute Gasteiger partial charge is 0.224 e. The van der Waals surface area contributed by atoms with Crippen LogP contribution in [-0.2, 0) is 4.79 Å². The molecule has 1 aromatic heterocycles. The summed E-state index contributed by atoms with van der Waals surface area (Å²) in [6.45, 7) is 2.17. The third-order valence-electron chi connectivity index (χ3n) is 4.18. The predicted molar refractivity (Wildman–Crippen MR) is 102 cm³/mol. The molecule has 1 fully saturated rings.